The molecule has 0 aliphatic rings. The first kappa shape index (κ1) is 14.9. The quantitative estimate of drug-likeness (QED) is 0.794. The normalized spacial score (nSPS) is 10.7. The number of hydrogen-bond donors (Lipinski definition) is 1. The zero-order valence-corrected chi connectivity index (χ0v) is 12.7. The molecule has 0 spiro atoms. The highest BCUT2D eigenvalue weighted by molar-refractivity contribution is 6.03. The molecule has 6 heteroatoms. The molecule has 0 bridgehead atoms. The maximum atomic E-state index is 12.6. The summed E-state index contributed by atoms with van der Waals surface area (Å²) in [4.78, 5) is 36.3. The predicted molar refractivity (Wildman–Crippen MR) is 87.3 cm³/mol. The number of carbonyl (C=O) groups excluding carboxylic acids is 1. The zero-order chi connectivity index (χ0) is 16.2. The van der Waals surface area contributed by atoms with Gasteiger partial charge in [0.15, 0.2) is 0 Å². The summed E-state index contributed by atoms with van der Waals surface area (Å²) in [5.41, 5.74) is 1.37. The van der Waals surface area contributed by atoms with Gasteiger partial charge in [0.1, 0.15) is 5.69 Å². The van der Waals surface area contributed by atoms with Gasteiger partial charge in [0.05, 0.1) is 5.52 Å². The Hall–Kier alpha value is -3.02. The van der Waals surface area contributed by atoms with E-state index in [-0.39, 0.29) is 11.6 Å². The van der Waals surface area contributed by atoms with Crippen molar-refractivity contribution < 1.29 is 4.79 Å². The second-order valence-electron chi connectivity index (χ2n) is 5.27. The van der Waals surface area contributed by atoms with Crippen LogP contribution in [-0.4, -0.2) is 39.4 Å². The van der Waals surface area contributed by atoms with Crippen LogP contribution in [0.1, 0.15) is 16.1 Å². The number of fused-ring (bicyclic) bond motifs is 1. The van der Waals surface area contributed by atoms with E-state index in [0.717, 1.165) is 5.56 Å². The van der Waals surface area contributed by atoms with Gasteiger partial charge in [-0.15, -0.1) is 0 Å². The summed E-state index contributed by atoms with van der Waals surface area (Å²) in [7, 11) is 1.71. The molecule has 0 fully saturated rings. The van der Waals surface area contributed by atoms with E-state index in [9.17, 15) is 9.59 Å². The van der Waals surface area contributed by atoms with E-state index in [4.69, 9.17) is 0 Å². The molecule has 0 saturated carbocycles. The van der Waals surface area contributed by atoms with Gasteiger partial charge >= 0.3 is 5.69 Å². The standard InChI is InChI=1S/C17H16N4O2/c1-21(11-8-12-6-9-18-10-7-12)16(22)15-13-4-2-3-5-14(13)19-17(23)20-15/h2-7,9-10H,8,11H2,1H3,(H,19,20,23). The minimum atomic E-state index is -0.519. The molecule has 0 aliphatic carbocycles. The van der Waals surface area contributed by atoms with E-state index in [1.54, 1.807) is 42.5 Å². The van der Waals surface area contributed by atoms with Gasteiger partial charge < -0.3 is 9.88 Å². The van der Waals surface area contributed by atoms with Crippen LogP contribution in [0, 0.1) is 0 Å². The van der Waals surface area contributed by atoms with Crippen LogP contribution in [0.25, 0.3) is 10.9 Å². The molecule has 2 heterocycles. The summed E-state index contributed by atoms with van der Waals surface area (Å²) in [6, 6.07) is 11.0. The van der Waals surface area contributed by atoms with Crippen molar-refractivity contribution in [3.63, 3.8) is 0 Å². The van der Waals surface area contributed by atoms with Crippen molar-refractivity contribution in [2.45, 2.75) is 6.42 Å². The Morgan fingerprint density at radius 1 is 1.17 bits per heavy atom. The fourth-order valence-electron chi connectivity index (χ4n) is 2.40. The molecule has 0 atom stereocenters. The van der Waals surface area contributed by atoms with Crippen molar-refractivity contribution in [3.8, 4) is 0 Å². The van der Waals surface area contributed by atoms with Crippen LogP contribution in [-0.2, 0) is 6.42 Å². The monoisotopic (exact) mass is 308 g/mol. The number of carbonyl (C=O) groups is 1. The number of pyridine rings is 1. The summed E-state index contributed by atoms with van der Waals surface area (Å²) in [5.74, 6) is -0.263. The Morgan fingerprint density at radius 3 is 2.70 bits per heavy atom. The molecule has 0 aliphatic heterocycles. The number of hydrogen-bond acceptors (Lipinski definition) is 4. The third kappa shape index (κ3) is 3.26. The molecule has 6 nitrogen and oxygen atoms in total. The zero-order valence-electron chi connectivity index (χ0n) is 12.7. The van der Waals surface area contributed by atoms with Crippen molar-refractivity contribution in [3.05, 3.63) is 70.5 Å². The van der Waals surface area contributed by atoms with Gasteiger partial charge in [-0.3, -0.25) is 9.78 Å². The highest BCUT2D eigenvalue weighted by Gasteiger charge is 2.17. The van der Waals surface area contributed by atoms with Crippen LogP contribution in [0.4, 0.5) is 0 Å². The Bertz CT molecular complexity index is 890. The molecule has 0 unspecified atom stereocenters. The van der Waals surface area contributed by atoms with Crippen LogP contribution in [0.15, 0.2) is 53.6 Å². The second kappa shape index (κ2) is 6.39. The molecule has 1 aromatic carbocycles. The van der Waals surface area contributed by atoms with Crippen LogP contribution < -0.4 is 5.69 Å². The van der Waals surface area contributed by atoms with Crippen molar-refractivity contribution in [2.24, 2.45) is 0 Å². The highest BCUT2D eigenvalue weighted by Crippen LogP contribution is 2.14. The Morgan fingerprint density at radius 2 is 1.91 bits per heavy atom. The Labute approximate surface area is 132 Å². The smallest absolute Gasteiger partial charge is 0.340 e. The summed E-state index contributed by atoms with van der Waals surface area (Å²) in [6.45, 7) is 0.533. The molecular formula is C17H16N4O2. The summed E-state index contributed by atoms with van der Waals surface area (Å²) in [5, 5.41) is 0.646. The molecule has 1 amide bonds. The minimum Gasteiger partial charge on any atom is -0.340 e. The number of benzene rings is 1. The van der Waals surface area contributed by atoms with Gasteiger partial charge in [-0.2, -0.15) is 4.98 Å². The second-order valence-corrected chi connectivity index (χ2v) is 5.27. The highest BCUT2D eigenvalue weighted by atomic mass is 16.2. The first-order chi connectivity index (χ1) is 11.1. The lowest BCUT2D eigenvalue weighted by atomic mass is 10.1. The van der Waals surface area contributed by atoms with Crippen molar-refractivity contribution in [1.29, 1.82) is 0 Å². The number of nitrogens with zero attached hydrogens (tertiary/aromatic N) is 3. The van der Waals surface area contributed by atoms with Crippen LogP contribution in [0.3, 0.4) is 0 Å². The molecule has 3 aromatic rings. The predicted octanol–water partition coefficient (Wildman–Crippen LogP) is 1.63. The van der Waals surface area contributed by atoms with Gasteiger partial charge in [0.25, 0.3) is 5.91 Å². The Kier molecular flexibility index (Phi) is 4.14. The fraction of sp³-hybridized carbons (Fsp3) is 0.176. The topological polar surface area (TPSA) is 79.0 Å². The van der Waals surface area contributed by atoms with E-state index >= 15 is 0 Å². The van der Waals surface area contributed by atoms with E-state index in [2.05, 4.69) is 15.0 Å². The largest absolute Gasteiger partial charge is 0.346 e. The lowest BCUT2D eigenvalue weighted by molar-refractivity contribution is 0.0792. The van der Waals surface area contributed by atoms with Crippen LogP contribution >= 0.6 is 0 Å². The number of rotatable bonds is 4. The van der Waals surface area contributed by atoms with E-state index in [0.29, 0.717) is 23.9 Å². The van der Waals surface area contributed by atoms with Gasteiger partial charge in [0, 0.05) is 31.4 Å². The van der Waals surface area contributed by atoms with E-state index < -0.39 is 5.69 Å². The number of aromatic amines is 1. The molecule has 0 saturated heterocycles. The number of para-hydroxylation sites is 1. The summed E-state index contributed by atoms with van der Waals surface area (Å²) >= 11 is 0. The first-order valence-corrected chi connectivity index (χ1v) is 7.28. The summed E-state index contributed by atoms with van der Waals surface area (Å²) < 4.78 is 0. The molecule has 0 radical (unpaired) electrons. The maximum Gasteiger partial charge on any atom is 0.346 e. The van der Waals surface area contributed by atoms with Gasteiger partial charge in [-0.1, -0.05) is 18.2 Å². The minimum absolute atomic E-state index is 0.182. The Balaban J connectivity index is 1.84. The lowest BCUT2D eigenvalue weighted by Crippen LogP contribution is -2.31. The number of aromatic nitrogens is 3. The summed E-state index contributed by atoms with van der Waals surface area (Å²) in [6.07, 6.45) is 4.16. The van der Waals surface area contributed by atoms with E-state index in [1.165, 1.54) is 0 Å². The lowest BCUT2D eigenvalue weighted by Gasteiger charge is -2.17. The molecule has 116 valence electrons. The van der Waals surface area contributed by atoms with Crippen molar-refractivity contribution in [1.82, 2.24) is 19.9 Å². The van der Waals surface area contributed by atoms with Crippen LogP contribution in [0.2, 0.25) is 0 Å². The third-order valence-electron chi connectivity index (χ3n) is 3.67. The maximum absolute atomic E-state index is 12.6. The molecule has 23 heavy (non-hydrogen) atoms. The molecular weight excluding hydrogens is 292 g/mol. The van der Waals surface area contributed by atoms with Gasteiger partial charge in [0.2, 0.25) is 0 Å². The van der Waals surface area contributed by atoms with E-state index in [1.807, 2.05) is 18.2 Å². The average molecular weight is 308 g/mol. The SMILES string of the molecule is CN(CCc1ccncc1)C(=O)c1nc(=O)[nH]c2ccccc12. The third-order valence-corrected chi connectivity index (χ3v) is 3.67. The number of amides is 1. The van der Waals surface area contributed by atoms with Crippen LogP contribution in [0.5, 0.6) is 0 Å². The van der Waals surface area contributed by atoms with Gasteiger partial charge in [-0.05, 0) is 30.2 Å². The van der Waals surface area contributed by atoms with Gasteiger partial charge in [-0.25, -0.2) is 4.79 Å². The van der Waals surface area contributed by atoms with Crippen molar-refractivity contribution >= 4 is 16.8 Å². The molecule has 2 aromatic heterocycles. The number of nitrogens with one attached hydrogen (secondary N) is 1. The first-order valence-electron chi connectivity index (χ1n) is 7.28. The van der Waals surface area contributed by atoms with Crippen molar-refractivity contribution in [2.75, 3.05) is 13.6 Å². The number of likely N-dealkylation sites (N-methyl/N-ethyl adjacent to an activating group) is 1. The average Bonchev–Trinajstić information content (AvgIpc) is 2.59. The fourth-order valence-corrected chi connectivity index (χ4v) is 2.40. The molecule has 3 rings (SSSR count). The molecule has 1 N–H and O–H groups in total. The number of H-pyrrole nitrogens is 1.